The van der Waals surface area contributed by atoms with E-state index in [0.717, 1.165) is 22.9 Å². The van der Waals surface area contributed by atoms with Crippen LogP contribution in [0.15, 0.2) is 48.5 Å². The van der Waals surface area contributed by atoms with Gasteiger partial charge in [-0.2, -0.15) is 0 Å². The monoisotopic (exact) mass is 244 g/mol. The molecule has 0 unspecified atom stereocenters. The molecule has 0 atom stereocenters. The summed E-state index contributed by atoms with van der Waals surface area (Å²) in [5.41, 5.74) is 8.06. The Labute approximate surface area is 107 Å². The molecule has 0 fully saturated rings. The Hall–Kier alpha value is -2.36. The van der Waals surface area contributed by atoms with Crippen LogP contribution in [0.4, 0.5) is 11.4 Å². The van der Waals surface area contributed by atoms with Crippen LogP contribution in [-0.4, -0.2) is 14.2 Å². The van der Waals surface area contributed by atoms with Crippen molar-refractivity contribution in [3.05, 3.63) is 48.5 Å². The van der Waals surface area contributed by atoms with Crippen LogP contribution in [0.1, 0.15) is 0 Å². The van der Waals surface area contributed by atoms with Crippen molar-refractivity contribution in [2.45, 2.75) is 0 Å². The molecule has 0 amide bonds. The lowest BCUT2D eigenvalue weighted by Gasteiger charge is -2.11. The average Bonchev–Trinajstić information content (AvgIpc) is 2.45. The largest absolute Gasteiger partial charge is 0.497 e. The molecule has 4 nitrogen and oxygen atoms in total. The summed E-state index contributed by atoms with van der Waals surface area (Å²) in [4.78, 5) is 0. The van der Waals surface area contributed by atoms with Gasteiger partial charge in [0.1, 0.15) is 11.5 Å². The van der Waals surface area contributed by atoms with Crippen molar-refractivity contribution >= 4 is 11.4 Å². The number of benzene rings is 2. The molecule has 2 aromatic carbocycles. The van der Waals surface area contributed by atoms with Gasteiger partial charge in [0.25, 0.3) is 0 Å². The van der Waals surface area contributed by atoms with Crippen LogP contribution in [-0.2, 0) is 0 Å². The van der Waals surface area contributed by atoms with Crippen molar-refractivity contribution in [1.29, 1.82) is 0 Å². The zero-order chi connectivity index (χ0) is 12.8. The molecule has 0 saturated heterocycles. The highest BCUT2D eigenvalue weighted by atomic mass is 16.5. The molecule has 0 saturated carbocycles. The van der Waals surface area contributed by atoms with Crippen molar-refractivity contribution in [3.63, 3.8) is 0 Å². The Kier molecular flexibility index (Phi) is 3.91. The lowest BCUT2D eigenvalue weighted by atomic mass is 10.3. The zero-order valence-corrected chi connectivity index (χ0v) is 10.4. The van der Waals surface area contributed by atoms with E-state index in [2.05, 4.69) is 10.9 Å². The minimum Gasteiger partial charge on any atom is -0.497 e. The molecular weight excluding hydrogens is 228 g/mol. The standard InChI is InChI=1S/C14H16N2O2/c1-17-13-7-3-5-11(9-13)15-16-12-6-4-8-14(10-12)18-2/h3-10,15-16H,1-2H3. The third-order valence-electron chi connectivity index (χ3n) is 2.49. The van der Waals surface area contributed by atoms with Crippen LogP contribution in [0.25, 0.3) is 0 Å². The minimum atomic E-state index is 0.812. The van der Waals surface area contributed by atoms with Crippen molar-refractivity contribution in [3.8, 4) is 11.5 Å². The number of hydrogen-bond acceptors (Lipinski definition) is 4. The summed E-state index contributed by atoms with van der Waals surface area (Å²) in [6.45, 7) is 0. The molecule has 2 N–H and O–H groups in total. The number of methoxy groups -OCH3 is 2. The third-order valence-corrected chi connectivity index (χ3v) is 2.49. The van der Waals surface area contributed by atoms with Gasteiger partial charge in [0, 0.05) is 12.1 Å². The molecule has 0 aliphatic rings. The Balaban J connectivity index is 2.01. The zero-order valence-electron chi connectivity index (χ0n) is 10.4. The van der Waals surface area contributed by atoms with Crippen LogP contribution >= 0.6 is 0 Å². The summed E-state index contributed by atoms with van der Waals surface area (Å²) in [6, 6.07) is 15.4. The number of hydrazine groups is 1. The smallest absolute Gasteiger partial charge is 0.120 e. The molecule has 4 heteroatoms. The van der Waals surface area contributed by atoms with Gasteiger partial charge in [0.2, 0.25) is 0 Å². The number of anilines is 2. The number of ether oxygens (including phenoxy) is 2. The van der Waals surface area contributed by atoms with E-state index in [4.69, 9.17) is 9.47 Å². The van der Waals surface area contributed by atoms with Crippen LogP contribution in [0.5, 0.6) is 11.5 Å². The second-order valence-electron chi connectivity index (χ2n) is 3.71. The molecule has 0 aromatic heterocycles. The fourth-order valence-corrected chi connectivity index (χ4v) is 1.55. The van der Waals surface area contributed by atoms with Crippen molar-refractivity contribution in [2.24, 2.45) is 0 Å². The molecule has 0 bridgehead atoms. The first-order valence-corrected chi connectivity index (χ1v) is 5.62. The molecule has 2 aromatic rings. The number of nitrogens with one attached hydrogen (secondary N) is 2. The van der Waals surface area contributed by atoms with Gasteiger partial charge in [-0.25, -0.2) is 0 Å². The molecule has 94 valence electrons. The Bertz CT molecular complexity index is 467. The van der Waals surface area contributed by atoms with E-state index in [1.54, 1.807) is 14.2 Å². The molecule has 0 aliphatic carbocycles. The molecule has 0 heterocycles. The second-order valence-corrected chi connectivity index (χ2v) is 3.71. The Morgan fingerprint density at radius 2 is 1.17 bits per heavy atom. The SMILES string of the molecule is COc1cccc(NNc2cccc(OC)c2)c1. The van der Waals surface area contributed by atoms with E-state index in [0.29, 0.717) is 0 Å². The molecule has 2 rings (SSSR count). The first-order valence-electron chi connectivity index (χ1n) is 5.62. The van der Waals surface area contributed by atoms with Crippen molar-refractivity contribution in [2.75, 3.05) is 25.1 Å². The van der Waals surface area contributed by atoms with Gasteiger partial charge in [-0.05, 0) is 24.3 Å². The van der Waals surface area contributed by atoms with Gasteiger partial charge in [-0.15, -0.1) is 0 Å². The van der Waals surface area contributed by atoms with Gasteiger partial charge in [0.15, 0.2) is 0 Å². The van der Waals surface area contributed by atoms with E-state index in [9.17, 15) is 0 Å². The summed E-state index contributed by atoms with van der Waals surface area (Å²) >= 11 is 0. The maximum atomic E-state index is 5.16. The van der Waals surface area contributed by atoms with Crippen LogP contribution in [0.3, 0.4) is 0 Å². The van der Waals surface area contributed by atoms with Gasteiger partial charge >= 0.3 is 0 Å². The maximum absolute atomic E-state index is 5.16. The van der Waals surface area contributed by atoms with Crippen LogP contribution in [0, 0.1) is 0 Å². The normalized spacial score (nSPS) is 9.67. The fraction of sp³-hybridized carbons (Fsp3) is 0.143. The predicted molar refractivity (Wildman–Crippen MR) is 73.2 cm³/mol. The fourth-order valence-electron chi connectivity index (χ4n) is 1.55. The highest BCUT2D eigenvalue weighted by Crippen LogP contribution is 2.19. The Morgan fingerprint density at radius 1 is 0.722 bits per heavy atom. The Morgan fingerprint density at radius 3 is 1.56 bits per heavy atom. The summed E-state index contributed by atoms with van der Waals surface area (Å²) in [7, 11) is 3.29. The highest BCUT2D eigenvalue weighted by molar-refractivity contribution is 5.56. The summed E-state index contributed by atoms with van der Waals surface area (Å²) in [5.74, 6) is 1.62. The van der Waals surface area contributed by atoms with E-state index < -0.39 is 0 Å². The topological polar surface area (TPSA) is 42.5 Å². The van der Waals surface area contributed by atoms with Gasteiger partial charge in [-0.1, -0.05) is 12.1 Å². The molecular formula is C14H16N2O2. The minimum absolute atomic E-state index is 0.812. The number of rotatable bonds is 5. The van der Waals surface area contributed by atoms with Crippen LogP contribution < -0.4 is 20.3 Å². The summed E-state index contributed by atoms with van der Waals surface area (Å²) < 4.78 is 10.3. The van der Waals surface area contributed by atoms with E-state index >= 15 is 0 Å². The average molecular weight is 244 g/mol. The van der Waals surface area contributed by atoms with Gasteiger partial charge < -0.3 is 20.3 Å². The first-order chi connectivity index (χ1) is 8.81. The van der Waals surface area contributed by atoms with Gasteiger partial charge in [-0.3, -0.25) is 0 Å². The van der Waals surface area contributed by atoms with Crippen molar-refractivity contribution < 1.29 is 9.47 Å². The van der Waals surface area contributed by atoms with E-state index in [1.807, 2.05) is 48.5 Å². The highest BCUT2D eigenvalue weighted by Gasteiger charge is 1.97. The summed E-state index contributed by atoms with van der Waals surface area (Å²) in [6.07, 6.45) is 0. The predicted octanol–water partition coefficient (Wildman–Crippen LogP) is 3.14. The lowest BCUT2D eigenvalue weighted by molar-refractivity contribution is 0.415. The summed E-state index contributed by atoms with van der Waals surface area (Å²) in [5, 5.41) is 0. The third kappa shape index (κ3) is 3.07. The van der Waals surface area contributed by atoms with Crippen LogP contribution in [0.2, 0.25) is 0 Å². The van der Waals surface area contributed by atoms with Crippen molar-refractivity contribution in [1.82, 2.24) is 0 Å². The lowest BCUT2D eigenvalue weighted by Crippen LogP contribution is -2.08. The quantitative estimate of drug-likeness (QED) is 0.793. The molecule has 0 radical (unpaired) electrons. The van der Waals surface area contributed by atoms with Gasteiger partial charge in [0.05, 0.1) is 25.6 Å². The maximum Gasteiger partial charge on any atom is 0.120 e. The second kappa shape index (κ2) is 5.82. The number of hydrogen-bond donors (Lipinski definition) is 2. The first kappa shape index (κ1) is 12.1. The molecule has 18 heavy (non-hydrogen) atoms. The molecule has 0 aliphatic heterocycles. The van der Waals surface area contributed by atoms with E-state index in [1.165, 1.54) is 0 Å². The molecule has 0 spiro atoms. The van der Waals surface area contributed by atoms with E-state index in [-0.39, 0.29) is 0 Å².